The van der Waals surface area contributed by atoms with Gasteiger partial charge >= 0.3 is 0 Å². The number of anilines is 1. The van der Waals surface area contributed by atoms with Crippen LogP contribution in [0.5, 0.6) is 0 Å². The number of benzene rings is 2. The predicted molar refractivity (Wildman–Crippen MR) is 109 cm³/mol. The lowest BCUT2D eigenvalue weighted by atomic mass is 9.54. The van der Waals surface area contributed by atoms with Gasteiger partial charge in [-0.3, -0.25) is 0 Å². The third kappa shape index (κ3) is 2.42. The first-order valence-corrected chi connectivity index (χ1v) is 10.5. The smallest absolute Gasteiger partial charge is 0.193 e. The highest BCUT2D eigenvalue weighted by Crippen LogP contribution is 2.54. The minimum Gasteiger partial charge on any atom is -0.388 e. The zero-order valence-electron chi connectivity index (χ0n) is 15.6. The Morgan fingerprint density at radius 3 is 2.48 bits per heavy atom. The molecule has 7 rings (SSSR count). The molecule has 0 aromatic heterocycles. The molecule has 2 aromatic rings. The second-order valence-electron chi connectivity index (χ2n) is 9.32. The molecular formula is C23H27N3O. The van der Waals surface area contributed by atoms with Crippen LogP contribution in [0.1, 0.15) is 49.3 Å². The highest BCUT2D eigenvalue weighted by Gasteiger charge is 2.48. The third-order valence-corrected chi connectivity index (χ3v) is 7.66. The normalized spacial score (nSPS) is 36.6. The summed E-state index contributed by atoms with van der Waals surface area (Å²) in [5, 5.41) is 16.0. The summed E-state index contributed by atoms with van der Waals surface area (Å²) in [6, 6.07) is 10.8. The molecule has 0 amide bonds. The van der Waals surface area contributed by atoms with Crippen LogP contribution in [0.2, 0.25) is 0 Å². The summed E-state index contributed by atoms with van der Waals surface area (Å²) in [5.74, 6) is 3.94. The number of hydrogen-bond acceptors (Lipinski definition) is 2. The molecule has 4 N–H and O–H groups in total. The van der Waals surface area contributed by atoms with Crippen molar-refractivity contribution in [2.75, 3.05) is 5.32 Å². The molecule has 27 heavy (non-hydrogen) atoms. The average molecular weight is 361 g/mol. The van der Waals surface area contributed by atoms with E-state index in [0.29, 0.717) is 18.4 Å². The van der Waals surface area contributed by atoms with Gasteiger partial charge in [-0.15, -0.1) is 0 Å². The Kier molecular flexibility index (Phi) is 3.37. The van der Waals surface area contributed by atoms with Crippen LogP contribution in [0, 0.1) is 23.7 Å². The second kappa shape index (κ2) is 5.71. The van der Waals surface area contributed by atoms with Crippen molar-refractivity contribution < 1.29 is 5.11 Å². The fourth-order valence-electron chi connectivity index (χ4n) is 6.82. The van der Waals surface area contributed by atoms with Crippen molar-refractivity contribution in [1.82, 2.24) is 0 Å². The molecule has 4 nitrogen and oxygen atoms in total. The van der Waals surface area contributed by atoms with Crippen LogP contribution in [-0.4, -0.2) is 17.1 Å². The van der Waals surface area contributed by atoms with Crippen LogP contribution >= 0.6 is 0 Å². The summed E-state index contributed by atoms with van der Waals surface area (Å²) in [6.45, 7) is 0. The molecular weight excluding hydrogens is 334 g/mol. The van der Waals surface area contributed by atoms with Crippen LogP contribution in [0.15, 0.2) is 35.3 Å². The van der Waals surface area contributed by atoms with E-state index in [0.717, 1.165) is 40.3 Å². The molecule has 4 bridgehead atoms. The lowest BCUT2D eigenvalue weighted by molar-refractivity contribution is 0.00124. The summed E-state index contributed by atoms with van der Waals surface area (Å²) in [7, 11) is 0. The summed E-state index contributed by atoms with van der Waals surface area (Å²) in [5.41, 5.74) is 9.63. The molecule has 1 unspecified atom stereocenters. The maximum absolute atomic E-state index is 10.3. The second-order valence-corrected chi connectivity index (χ2v) is 9.32. The Bertz CT molecular complexity index is 922. The zero-order chi connectivity index (χ0) is 18.1. The van der Waals surface area contributed by atoms with E-state index in [9.17, 15) is 5.11 Å². The highest BCUT2D eigenvalue weighted by atomic mass is 16.3. The van der Waals surface area contributed by atoms with E-state index < -0.39 is 6.10 Å². The van der Waals surface area contributed by atoms with E-state index in [2.05, 4.69) is 23.5 Å². The van der Waals surface area contributed by atoms with Crippen LogP contribution < -0.4 is 11.1 Å². The van der Waals surface area contributed by atoms with Gasteiger partial charge in [0.25, 0.3) is 0 Å². The van der Waals surface area contributed by atoms with Crippen LogP contribution in [0.3, 0.4) is 0 Å². The van der Waals surface area contributed by atoms with Crippen molar-refractivity contribution in [2.24, 2.45) is 34.4 Å². The summed E-state index contributed by atoms with van der Waals surface area (Å²) < 4.78 is 0. The Balaban J connectivity index is 1.31. The molecule has 1 atom stereocenters. The van der Waals surface area contributed by atoms with Gasteiger partial charge in [-0.2, -0.15) is 0 Å². The van der Waals surface area contributed by atoms with Gasteiger partial charge in [0.1, 0.15) is 0 Å². The topological polar surface area (TPSA) is 70.6 Å². The molecule has 4 fully saturated rings. The largest absolute Gasteiger partial charge is 0.388 e. The van der Waals surface area contributed by atoms with E-state index in [1.807, 2.05) is 12.1 Å². The number of nitrogens with two attached hydrogens (primary N) is 1. The van der Waals surface area contributed by atoms with Crippen molar-refractivity contribution in [2.45, 2.75) is 50.7 Å². The fourth-order valence-corrected chi connectivity index (χ4v) is 6.82. The number of guanidine groups is 1. The third-order valence-electron chi connectivity index (χ3n) is 7.66. The van der Waals surface area contributed by atoms with Crippen LogP contribution in [0.4, 0.5) is 5.69 Å². The molecule has 4 heteroatoms. The molecule has 0 radical (unpaired) electrons. The van der Waals surface area contributed by atoms with E-state index in [1.54, 1.807) is 0 Å². The van der Waals surface area contributed by atoms with Gasteiger partial charge in [0, 0.05) is 17.5 Å². The first kappa shape index (κ1) is 15.9. The van der Waals surface area contributed by atoms with E-state index >= 15 is 0 Å². The van der Waals surface area contributed by atoms with Crippen molar-refractivity contribution in [3.63, 3.8) is 0 Å². The summed E-state index contributed by atoms with van der Waals surface area (Å²) in [4.78, 5) is 4.99. The predicted octanol–water partition coefficient (Wildman–Crippen LogP) is 3.98. The summed E-state index contributed by atoms with van der Waals surface area (Å²) >= 11 is 0. The lowest BCUT2D eigenvalue weighted by Crippen LogP contribution is -2.48. The molecule has 2 aromatic carbocycles. The van der Waals surface area contributed by atoms with Crippen molar-refractivity contribution in [3.05, 3.63) is 41.5 Å². The van der Waals surface area contributed by atoms with Gasteiger partial charge in [-0.05, 0) is 78.4 Å². The van der Waals surface area contributed by atoms with E-state index in [-0.39, 0.29) is 0 Å². The molecule has 0 saturated heterocycles. The maximum Gasteiger partial charge on any atom is 0.193 e. The Morgan fingerprint density at radius 1 is 1.00 bits per heavy atom. The molecule has 5 aliphatic rings. The number of nitrogens with zero attached hydrogens (tertiary/aromatic N) is 1. The highest BCUT2D eigenvalue weighted by molar-refractivity contribution is 6.05. The first-order valence-electron chi connectivity index (χ1n) is 10.5. The quantitative estimate of drug-likeness (QED) is 0.560. The maximum atomic E-state index is 10.3. The van der Waals surface area contributed by atoms with E-state index in [4.69, 9.17) is 10.7 Å². The van der Waals surface area contributed by atoms with Gasteiger partial charge in [0.15, 0.2) is 5.96 Å². The number of rotatable bonds is 2. The molecule has 0 heterocycles. The molecule has 0 aliphatic heterocycles. The van der Waals surface area contributed by atoms with Crippen molar-refractivity contribution in [1.29, 1.82) is 0 Å². The average Bonchev–Trinajstić information content (AvgIpc) is 2.97. The molecule has 4 saturated carbocycles. The minimum atomic E-state index is -0.391. The molecule has 140 valence electrons. The Hall–Kier alpha value is -2.07. The van der Waals surface area contributed by atoms with Crippen molar-refractivity contribution >= 4 is 22.4 Å². The fraction of sp³-hybridized carbons (Fsp3) is 0.522. The van der Waals surface area contributed by atoms with Gasteiger partial charge in [-0.25, -0.2) is 4.99 Å². The molecule has 5 aliphatic carbocycles. The van der Waals surface area contributed by atoms with E-state index in [1.165, 1.54) is 43.1 Å². The zero-order valence-corrected chi connectivity index (χ0v) is 15.6. The lowest BCUT2D eigenvalue weighted by Gasteiger charge is -2.53. The summed E-state index contributed by atoms with van der Waals surface area (Å²) in [6.07, 6.45) is 7.19. The van der Waals surface area contributed by atoms with Crippen molar-refractivity contribution in [3.8, 4) is 0 Å². The van der Waals surface area contributed by atoms with Gasteiger partial charge in [0.05, 0.1) is 12.1 Å². The number of aliphatic hydroxyl groups excluding tert-OH is 1. The van der Waals surface area contributed by atoms with Gasteiger partial charge in [-0.1, -0.05) is 24.3 Å². The van der Waals surface area contributed by atoms with Gasteiger partial charge in [0.2, 0.25) is 0 Å². The minimum absolute atomic E-state index is 0.391. The number of hydrogen-bond donors (Lipinski definition) is 3. The van der Waals surface area contributed by atoms with Gasteiger partial charge < -0.3 is 16.2 Å². The standard InChI is InChI=1S/C23H27N3O/c24-23(26-22-15-7-12-6-13(9-15)10-16(22)8-12)25-19-5-4-14-11-20(27)18-3-1-2-17(19)21(14)18/h1-5,12-13,15-16,20,22,27H,6-11H2,(H3,24,25,26). The SMILES string of the molecule is NC(=NC1C2CC3CC(C2)CC1C3)Nc1ccc2c3c(cccc13)C(O)C2. The number of nitrogens with one attached hydrogen (secondary N) is 1. The Labute approximate surface area is 159 Å². The first-order chi connectivity index (χ1) is 13.2. The Morgan fingerprint density at radius 2 is 1.74 bits per heavy atom. The van der Waals surface area contributed by atoms with Crippen LogP contribution in [0.25, 0.3) is 10.8 Å². The van der Waals surface area contributed by atoms with Crippen LogP contribution in [-0.2, 0) is 6.42 Å². The number of aliphatic hydroxyl groups is 1. The monoisotopic (exact) mass is 361 g/mol. The molecule has 0 spiro atoms. The number of aliphatic imine (C=N–C) groups is 1.